The first-order valence-corrected chi connectivity index (χ1v) is 13.4. The Morgan fingerprint density at radius 2 is 1.43 bits per heavy atom. The summed E-state index contributed by atoms with van der Waals surface area (Å²) in [6.45, 7) is 16.0. The zero-order valence-corrected chi connectivity index (χ0v) is 23.1. The lowest BCUT2D eigenvalue weighted by atomic mass is 9.34. The second-order valence-corrected chi connectivity index (χ2v) is 12.2. The van der Waals surface area contributed by atoms with E-state index in [9.17, 15) is 0 Å². The Hall–Kier alpha value is -3.59. The van der Waals surface area contributed by atoms with E-state index in [1.54, 1.807) is 0 Å². The molecule has 0 unspecified atom stereocenters. The van der Waals surface area contributed by atoms with E-state index < -0.39 is 0 Å². The molecule has 37 heavy (non-hydrogen) atoms. The summed E-state index contributed by atoms with van der Waals surface area (Å²) in [4.78, 5) is 5.25. The summed E-state index contributed by atoms with van der Waals surface area (Å²) in [5.41, 5.74) is 15.7. The normalized spacial score (nSPS) is 12.8. The number of hydrogen-bond donors (Lipinski definition) is 0. The molecule has 0 N–H and O–H groups in total. The van der Waals surface area contributed by atoms with Gasteiger partial charge in [-0.3, -0.25) is 4.57 Å². The van der Waals surface area contributed by atoms with Crippen molar-refractivity contribution < 1.29 is 0 Å². The van der Waals surface area contributed by atoms with Gasteiger partial charge in [-0.2, -0.15) is 0 Å². The van der Waals surface area contributed by atoms with Crippen LogP contribution in [0.15, 0.2) is 72.8 Å². The summed E-state index contributed by atoms with van der Waals surface area (Å²) in [6, 6.07) is 27.3. The molecule has 1 aliphatic rings. The minimum absolute atomic E-state index is 0.177. The number of para-hydroxylation sites is 1. The maximum atomic E-state index is 5.25. The molecule has 0 amide bonds. The maximum Gasteiger partial charge on any atom is 0.247 e. The smallest absolute Gasteiger partial charge is 0.247 e. The average molecular weight is 482 g/mol. The van der Waals surface area contributed by atoms with E-state index in [4.69, 9.17) is 4.98 Å². The van der Waals surface area contributed by atoms with Crippen LogP contribution in [0.1, 0.15) is 48.6 Å². The van der Waals surface area contributed by atoms with Crippen molar-refractivity contribution in [2.75, 3.05) is 0 Å². The van der Waals surface area contributed by atoms with Gasteiger partial charge >= 0.3 is 0 Å². The van der Waals surface area contributed by atoms with Crippen LogP contribution in [0.2, 0.25) is 0 Å². The van der Waals surface area contributed by atoms with E-state index in [-0.39, 0.29) is 12.1 Å². The molecular weight excluding hydrogens is 447 g/mol. The molecule has 0 fully saturated rings. The fourth-order valence-corrected chi connectivity index (χ4v) is 6.44. The van der Waals surface area contributed by atoms with Crippen molar-refractivity contribution in [3.05, 3.63) is 101 Å². The van der Waals surface area contributed by atoms with Crippen LogP contribution in [0.3, 0.4) is 0 Å². The monoisotopic (exact) mass is 482 g/mol. The molecule has 0 atom stereocenters. The van der Waals surface area contributed by atoms with Gasteiger partial charge in [0.2, 0.25) is 6.71 Å². The average Bonchev–Trinajstić information content (AvgIpc) is 3.20. The van der Waals surface area contributed by atoms with Gasteiger partial charge in [0.15, 0.2) is 0 Å². The number of benzene rings is 4. The second kappa shape index (κ2) is 8.48. The molecule has 1 aliphatic heterocycles. The van der Waals surface area contributed by atoms with Crippen molar-refractivity contribution in [3.63, 3.8) is 0 Å². The number of hydrogen-bond acceptors (Lipinski definition) is 1. The van der Waals surface area contributed by atoms with E-state index >= 15 is 0 Å². The van der Waals surface area contributed by atoms with Crippen molar-refractivity contribution in [1.82, 2.24) is 9.55 Å². The number of fused-ring (bicyclic) bond motifs is 2. The maximum absolute atomic E-state index is 5.25. The number of rotatable bonds is 3. The molecule has 0 saturated carbocycles. The molecule has 184 valence electrons. The first-order chi connectivity index (χ1) is 17.6. The highest BCUT2D eigenvalue weighted by atomic mass is 15.1. The highest BCUT2D eigenvalue weighted by Crippen LogP contribution is 2.32. The third-order valence-electron chi connectivity index (χ3n) is 7.71. The number of aryl methyl sites for hydroxylation is 4. The lowest BCUT2D eigenvalue weighted by Crippen LogP contribution is -2.57. The lowest BCUT2D eigenvalue weighted by molar-refractivity contribution is 0.411. The van der Waals surface area contributed by atoms with Crippen molar-refractivity contribution in [2.45, 2.75) is 54.9 Å². The van der Waals surface area contributed by atoms with Crippen LogP contribution in [-0.2, 0) is 6.42 Å². The van der Waals surface area contributed by atoms with Gasteiger partial charge in [0.05, 0.1) is 11.0 Å². The molecular formula is C34H35BN2. The Labute approximate surface area is 221 Å². The fourth-order valence-electron chi connectivity index (χ4n) is 6.44. The van der Waals surface area contributed by atoms with E-state index in [1.165, 1.54) is 61.0 Å². The van der Waals surface area contributed by atoms with Gasteiger partial charge in [-0.25, -0.2) is 4.98 Å². The zero-order valence-electron chi connectivity index (χ0n) is 23.1. The fraction of sp³-hybridized carbons (Fsp3) is 0.265. The van der Waals surface area contributed by atoms with Gasteiger partial charge in [-0.1, -0.05) is 97.0 Å². The van der Waals surface area contributed by atoms with Crippen LogP contribution >= 0.6 is 0 Å². The second-order valence-electron chi connectivity index (χ2n) is 12.2. The summed E-state index contributed by atoms with van der Waals surface area (Å²) in [7, 11) is 0. The van der Waals surface area contributed by atoms with E-state index in [1.807, 2.05) is 0 Å². The van der Waals surface area contributed by atoms with Crippen molar-refractivity contribution in [1.29, 1.82) is 0 Å². The summed E-state index contributed by atoms with van der Waals surface area (Å²) in [6.07, 6.45) is 1.05. The Balaban J connectivity index is 1.72. The lowest BCUT2D eigenvalue weighted by Gasteiger charge is -2.30. The van der Waals surface area contributed by atoms with Crippen LogP contribution in [-0.4, -0.2) is 16.3 Å². The Kier molecular flexibility index (Phi) is 5.45. The highest BCUT2D eigenvalue weighted by Gasteiger charge is 2.36. The standard InChI is InChI=1S/C34H35BN2/c1-21-16-22(2)18-26(17-21)33-36-29-13-9-12-27-32(29)37(33)30-15-14-25(20-34(5,6)7)19-28(30)35(27)31-23(3)10-8-11-24(31)4/h8-19H,20H2,1-7H3. The predicted molar refractivity (Wildman–Crippen MR) is 160 cm³/mol. The van der Waals surface area contributed by atoms with Gasteiger partial charge < -0.3 is 0 Å². The highest BCUT2D eigenvalue weighted by molar-refractivity contribution is 6.98. The van der Waals surface area contributed by atoms with Crippen LogP contribution in [0, 0.1) is 33.1 Å². The Bertz CT molecular complexity index is 1640. The molecule has 0 aliphatic carbocycles. The minimum Gasteiger partial charge on any atom is -0.293 e. The third-order valence-corrected chi connectivity index (χ3v) is 7.71. The van der Waals surface area contributed by atoms with Gasteiger partial charge in [-0.05, 0) is 80.3 Å². The van der Waals surface area contributed by atoms with E-state index in [2.05, 4.69) is 126 Å². The molecule has 4 aromatic carbocycles. The quantitative estimate of drug-likeness (QED) is 0.269. The van der Waals surface area contributed by atoms with Gasteiger partial charge in [0.1, 0.15) is 5.82 Å². The molecule has 0 spiro atoms. The molecule has 1 aromatic heterocycles. The SMILES string of the molecule is Cc1cc(C)cc(-c2nc3cccc4c3n2-c2ccc(CC(C)(C)C)cc2B4c2c(C)cccc2C)c1. The number of aromatic nitrogens is 2. The molecule has 2 heterocycles. The summed E-state index contributed by atoms with van der Waals surface area (Å²) >= 11 is 0. The molecule has 3 heteroatoms. The molecule has 0 saturated heterocycles. The third kappa shape index (κ3) is 4.02. The molecule has 5 aromatic rings. The van der Waals surface area contributed by atoms with Crippen molar-refractivity contribution in [3.8, 4) is 17.1 Å². The topological polar surface area (TPSA) is 17.8 Å². The first kappa shape index (κ1) is 23.8. The Morgan fingerprint density at radius 3 is 2.11 bits per heavy atom. The summed E-state index contributed by atoms with van der Waals surface area (Å²) < 4.78 is 2.43. The molecule has 0 bridgehead atoms. The number of nitrogens with zero attached hydrogens (tertiary/aromatic N) is 2. The summed E-state index contributed by atoms with van der Waals surface area (Å²) in [5, 5.41) is 0. The van der Waals surface area contributed by atoms with Crippen molar-refractivity contribution in [2.24, 2.45) is 5.41 Å². The van der Waals surface area contributed by atoms with Crippen LogP contribution < -0.4 is 16.4 Å². The van der Waals surface area contributed by atoms with Crippen LogP contribution in [0.4, 0.5) is 0 Å². The zero-order chi connectivity index (χ0) is 26.1. The Morgan fingerprint density at radius 1 is 0.757 bits per heavy atom. The van der Waals surface area contributed by atoms with Gasteiger partial charge in [0.25, 0.3) is 0 Å². The van der Waals surface area contributed by atoms with Gasteiger partial charge in [-0.15, -0.1) is 0 Å². The summed E-state index contributed by atoms with van der Waals surface area (Å²) in [5.74, 6) is 1.03. The van der Waals surface area contributed by atoms with Crippen LogP contribution in [0.5, 0.6) is 0 Å². The van der Waals surface area contributed by atoms with Crippen LogP contribution in [0.25, 0.3) is 28.1 Å². The van der Waals surface area contributed by atoms with E-state index in [0.717, 1.165) is 17.8 Å². The molecule has 0 radical (unpaired) electrons. The molecule has 2 nitrogen and oxygen atoms in total. The molecule has 6 rings (SSSR count). The largest absolute Gasteiger partial charge is 0.293 e. The van der Waals surface area contributed by atoms with Gasteiger partial charge in [0, 0.05) is 11.3 Å². The predicted octanol–water partition coefficient (Wildman–Crippen LogP) is 6.34. The number of imidazole rings is 1. The van der Waals surface area contributed by atoms with Crippen molar-refractivity contribution >= 4 is 34.1 Å². The van der Waals surface area contributed by atoms with E-state index in [0.29, 0.717) is 0 Å². The first-order valence-electron chi connectivity index (χ1n) is 13.4. The minimum atomic E-state index is 0.177.